The predicted octanol–water partition coefficient (Wildman–Crippen LogP) is 3.40. The van der Waals surface area contributed by atoms with Crippen molar-refractivity contribution < 1.29 is 18.0 Å². The highest BCUT2D eigenvalue weighted by Gasteiger charge is 2.17. The van der Waals surface area contributed by atoms with Crippen LogP contribution in [0.5, 0.6) is 0 Å². The molecule has 0 radical (unpaired) electrons. The molecule has 98 valence electrons. The Bertz CT molecular complexity index is 626. The van der Waals surface area contributed by atoms with Gasteiger partial charge in [0.25, 0.3) is 5.91 Å². The zero-order valence-electron chi connectivity index (χ0n) is 9.25. The Labute approximate surface area is 111 Å². The molecule has 1 N–H and O–H groups in total. The molecule has 1 amide bonds. The molecular formula is C12H6ClF3N2O. The fourth-order valence-corrected chi connectivity index (χ4v) is 1.58. The number of amides is 1. The lowest BCUT2D eigenvalue weighted by Gasteiger charge is -2.08. The van der Waals surface area contributed by atoms with E-state index in [-0.39, 0.29) is 10.6 Å². The van der Waals surface area contributed by atoms with Gasteiger partial charge in [-0.2, -0.15) is 0 Å². The summed E-state index contributed by atoms with van der Waals surface area (Å²) in [6.45, 7) is 0. The Hall–Kier alpha value is -2.08. The monoisotopic (exact) mass is 286 g/mol. The van der Waals surface area contributed by atoms with Crippen molar-refractivity contribution in [3.05, 3.63) is 58.6 Å². The summed E-state index contributed by atoms with van der Waals surface area (Å²) in [5.41, 5.74) is -0.793. The van der Waals surface area contributed by atoms with Crippen LogP contribution in [0.2, 0.25) is 5.02 Å². The van der Waals surface area contributed by atoms with Gasteiger partial charge >= 0.3 is 0 Å². The number of hydrogen-bond donors (Lipinski definition) is 1. The molecule has 0 fully saturated rings. The number of benzene rings is 1. The Morgan fingerprint density at radius 3 is 2.42 bits per heavy atom. The van der Waals surface area contributed by atoms with Gasteiger partial charge in [-0.3, -0.25) is 9.78 Å². The second-order valence-corrected chi connectivity index (χ2v) is 3.96. The minimum atomic E-state index is -1.22. The summed E-state index contributed by atoms with van der Waals surface area (Å²) in [6.07, 6.45) is 2.51. The molecule has 2 aromatic rings. The molecule has 3 nitrogen and oxygen atoms in total. The van der Waals surface area contributed by atoms with Crippen LogP contribution in [-0.2, 0) is 0 Å². The Balaban J connectivity index is 2.32. The minimum absolute atomic E-state index is 0.0488. The van der Waals surface area contributed by atoms with E-state index < -0.39 is 29.0 Å². The van der Waals surface area contributed by atoms with Crippen LogP contribution in [0.15, 0.2) is 30.6 Å². The molecule has 0 saturated heterocycles. The largest absolute Gasteiger partial charge is 0.317 e. The van der Waals surface area contributed by atoms with Crippen LogP contribution in [0.25, 0.3) is 0 Å². The van der Waals surface area contributed by atoms with Crippen LogP contribution in [0.1, 0.15) is 10.4 Å². The van der Waals surface area contributed by atoms with E-state index >= 15 is 0 Å². The molecule has 0 aliphatic carbocycles. The Morgan fingerprint density at radius 1 is 1.21 bits per heavy atom. The van der Waals surface area contributed by atoms with Gasteiger partial charge in [-0.1, -0.05) is 11.6 Å². The van der Waals surface area contributed by atoms with Gasteiger partial charge < -0.3 is 5.32 Å². The SMILES string of the molecule is O=C(Nc1c(F)cc(F)cc1F)c1cnccc1Cl. The second kappa shape index (κ2) is 5.27. The van der Waals surface area contributed by atoms with Crippen molar-refractivity contribution in [1.82, 2.24) is 4.98 Å². The molecule has 2 rings (SSSR count). The van der Waals surface area contributed by atoms with E-state index in [0.717, 1.165) is 6.20 Å². The molecule has 7 heteroatoms. The van der Waals surface area contributed by atoms with Gasteiger partial charge in [0.05, 0.1) is 10.6 Å². The first-order chi connectivity index (χ1) is 8.99. The maximum Gasteiger partial charge on any atom is 0.258 e. The number of rotatable bonds is 2. The minimum Gasteiger partial charge on any atom is -0.317 e. The van der Waals surface area contributed by atoms with Crippen molar-refractivity contribution in [2.75, 3.05) is 5.32 Å². The fourth-order valence-electron chi connectivity index (χ4n) is 1.39. The smallest absolute Gasteiger partial charge is 0.258 e. The quantitative estimate of drug-likeness (QED) is 0.919. The van der Waals surface area contributed by atoms with Crippen molar-refractivity contribution in [1.29, 1.82) is 0 Å². The number of aromatic nitrogens is 1. The summed E-state index contributed by atoms with van der Waals surface area (Å²) in [7, 11) is 0. The molecule has 0 aliphatic rings. The first-order valence-corrected chi connectivity index (χ1v) is 5.42. The molecule has 0 bridgehead atoms. The van der Waals surface area contributed by atoms with Crippen LogP contribution in [0.4, 0.5) is 18.9 Å². The topological polar surface area (TPSA) is 42.0 Å². The highest BCUT2D eigenvalue weighted by Crippen LogP contribution is 2.22. The van der Waals surface area contributed by atoms with Gasteiger partial charge in [0.1, 0.15) is 11.5 Å². The third kappa shape index (κ3) is 2.85. The van der Waals surface area contributed by atoms with Gasteiger partial charge in [0.15, 0.2) is 11.6 Å². The zero-order valence-corrected chi connectivity index (χ0v) is 10.0. The van der Waals surface area contributed by atoms with E-state index in [1.165, 1.54) is 12.3 Å². The summed E-state index contributed by atoms with van der Waals surface area (Å²) in [6, 6.07) is 2.28. The number of pyridine rings is 1. The van der Waals surface area contributed by atoms with E-state index in [2.05, 4.69) is 4.98 Å². The number of halogens is 4. The van der Waals surface area contributed by atoms with Crippen LogP contribution in [-0.4, -0.2) is 10.9 Å². The maximum absolute atomic E-state index is 13.3. The van der Waals surface area contributed by atoms with E-state index in [4.69, 9.17) is 11.6 Å². The number of nitrogens with zero attached hydrogens (tertiary/aromatic N) is 1. The lowest BCUT2D eigenvalue weighted by atomic mass is 10.2. The standard InChI is InChI=1S/C12H6ClF3N2O/c13-8-1-2-17-5-7(8)12(19)18-11-9(15)3-6(14)4-10(11)16/h1-5H,(H,18,19). The average molecular weight is 287 g/mol. The zero-order chi connectivity index (χ0) is 14.0. The lowest BCUT2D eigenvalue weighted by molar-refractivity contribution is 0.102. The van der Waals surface area contributed by atoms with Crippen LogP contribution in [0.3, 0.4) is 0 Å². The van der Waals surface area contributed by atoms with Crippen LogP contribution >= 0.6 is 11.6 Å². The third-order valence-corrected chi connectivity index (χ3v) is 2.59. The number of anilines is 1. The summed E-state index contributed by atoms with van der Waals surface area (Å²) < 4.78 is 39.4. The Kier molecular flexibility index (Phi) is 3.71. The Morgan fingerprint density at radius 2 is 1.84 bits per heavy atom. The highest BCUT2D eigenvalue weighted by molar-refractivity contribution is 6.34. The van der Waals surface area contributed by atoms with Gasteiger partial charge in [-0.25, -0.2) is 13.2 Å². The molecule has 19 heavy (non-hydrogen) atoms. The summed E-state index contributed by atoms with van der Waals surface area (Å²) in [4.78, 5) is 15.4. The van der Waals surface area contributed by atoms with Crippen molar-refractivity contribution in [2.24, 2.45) is 0 Å². The molecule has 0 atom stereocenters. The van der Waals surface area contributed by atoms with Crippen molar-refractivity contribution in [3.63, 3.8) is 0 Å². The number of hydrogen-bond acceptors (Lipinski definition) is 2. The normalized spacial score (nSPS) is 10.3. The molecule has 1 heterocycles. The van der Waals surface area contributed by atoms with E-state index in [1.54, 1.807) is 0 Å². The predicted molar refractivity (Wildman–Crippen MR) is 63.5 cm³/mol. The van der Waals surface area contributed by atoms with Gasteiger partial charge in [-0.15, -0.1) is 0 Å². The second-order valence-electron chi connectivity index (χ2n) is 3.55. The first-order valence-electron chi connectivity index (χ1n) is 5.04. The number of nitrogens with one attached hydrogen (secondary N) is 1. The van der Waals surface area contributed by atoms with Crippen LogP contribution < -0.4 is 5.32 Å². The average Bonchev–Trinajstić information content (AvgIpc) is 2.34. The number of carbonyl (C=O) groups is 1. The molecular weight excluding hydrogens is 281 g/mol. The third-order valence-electron chi connectivity index (χ3n) is 2.26. The summed E-state index contributed by atoms with van der Waals surface area (Å²) >= 11 is 5.74. The number of carbonyl (C=O) groups excluding carboxylic acids is 1. The van der Waals surface area contributed by atoms with Crippen molar-refractivity contribution in [2.45, 2.75) is 0 Å². The summed E-state index contributed by atoms with van der Waals surface area (Å²) in [5, 5.41) is 2.06. The van der Waals surface area contributed by atoms with Crippen molar-refractivity contribution in [3.8, 4) is 0 Å². The molecule has 1 aromatic carbocycles. The lowest BCUT2D eigenvalue weighted by Crippen LogP contribution is -2.15. The fraction of sp³-hybridized carbons (Fsp3) is 0. The van der Waals surface area contributed by atoms with E-state index in [9.17, 15) is 18.0 Å². The molecule has 0 spiro atoms. The molecule has 0 unspecified atom stereocenters. The van der Waals surface area contributed by atoms with Gasteiger partial charge in [0, 0.05) is 24.5 Å². The van der Waals surface area contributed by atoms with E-state index in [0.29, 0.717) is 12.1 Å². The van der Waals surface area contributed by atoms with Gasteiger partial charge in [0.2, 0.25) is 0 Å². The maximum atomic E-state index is 13.3. The molecule has 0 aliphatic heterocycles. The molecule has 1 aromatic heterocycles. The highest BCUT2D eigenvalue weighted by atomic mass is 35.5. The van der Waals surface area contributed by atoms with Crippen LogP contribution in [0, 0.1) is 17.5 Å². The first kappa shape index (κ1) is 13.4. The van der Waals surface area contributed by atoms with Crippen molar-refractivity contribution >= 4 is 23.2 Å². The molecule has 0 saturated carbocycles. The van der Waals surface area contributed by atoms with E-state index in [1.807, 2.05) is 5.32 Å². The van der Waals surface area contributed by atoms with Gasteiger partial charge in [-0.05, 0) is 6.07 Å². The summed E-state index contributed by atoms with van der Waals surface area (Å²) in [5.74, 6) is -4.35.